The molecule has 5 rings (SSSR count). The predicted molar refractivity (Wildman–Crippen MR) is 104 cm³/mol. The molecule has 158 valence electrons. The molecular formula is C23H30O6. The summed E-state index contributed by atoms with van der Waals surface area (Å²) in [5.41, 5.74) is -0.740. The molecule has 1 aliphatic heterocycles. The average molecular weight is 402 g/mol. The molecule has 0 spiro atoms. The van der Waals surface area contributed by atoms with Gasteiger partial charge in [-0.15, -0.1) is 0 Å². The minimum atomic E-state index is -1.05. The number of methoxy groups -OCH3 is 1. The van der Waals surface area contributed by atoms with E-state index in [1.54, 1.807) is 12.2 Å². The molecule has 4 fully saturated rings. The summed E-state index contributed by atoms with van der Waals surface area (Å²) in [6.45, 7) is 4.36. The zero-order valence-corrected chi connectivity index (χ0v) is 17.3. The minimum absolute atomic E-state index is 0.0121. The maximum Gasteiger partial charge on any atom is 0.193 e. The molecular weight excluding hydrogens is 372 g/mol. The number of allylic oxidation sites excluding steroid dienone is 4. The van der Waals surface area contributed by atoms with Crippen molar-refractivity contribution in [2.45, 2.75) is 57.3 Å². The van der Waals surface area contributed by atoms with Crippen molar-refractivity contribution in [3.8, 4) is 0 Å². The van der Waals surface area contributed by atoms with Crippen LogP contribution in [-0.2, 0) is 23.8 Å². The number of aliphatic hydroxyl groups is 1. The summed E-state index contributed by atoms with van der Waals surface area (Å²) in [7, 11) is 1.52. The van der Waals surface area contributed by atoms with Crippen molar-refractivity contribution in [2.75, 3.05) is 20.5 Å². The molecule has 6 heteroatoms. The third-order valence-electron chi connectivity index (χ3n) is 8.90. The van der Waals surface area contributed by atoms with Crippen LogP contribution in [0.1, 0.15) is 39.5 Å². The number of carbonyl (C=O) groups is 2. The van der Waals surface area contributed by atoms with Crippen molar-refractivity contribution in [3.05, 3.63) is 23.8 Å². The zero-order valence-electron chi connectivity index (χ0n) is 17.3. The molecule has 6 nitrogen and oxygen atoms in total. The molecule has 0 bridgehead atoms. The Balaban J connectivity index is 1.57. The van der Waals surface area contributed by atoms with Crippen LogP contribution >= 0.6 is 0 Å². The van der Waals surface area contributed by atoms with Gasteiger partial charge in [0.25, 0.3) is 0 Å². The molecule has 0 radical (unpaired) electrons. The van der Waals surface area contributed by atoms with Crippen molar-refractivity contribution in [3.63, 3.8) is 0 Å². The van der Waals surface area contributed by atoms with Crippen LogP contribution in [0.3, 0.4) is 0 Å². The molecule has 8 atom stereocenters. The number of hydrogen-bond acceptors (Lipinski definition) is 6. The maximum atomic E-state index is 13.2. The molecule has 4 aliphatic carbocycles. The summed E-state index contributed by atoms with van der Waals surface area (Å²) in [5.74, 6) is 0.440. The van der Waals surface area contributed by atoms with E-state index in [1.807, 2.05) is 6.08 Å². The van der Waals surface area contributed by atoms with E-state index in [-0.39, 0.29) is 54.2 Å². The second-order valence-electron chi connectivity index (χ2n) is 9.96. The summed E-state index contributed by atoms with van der Waals surface area (Å²) in [5, 5.41) is 11.4. The lowest BCUT2D eigenvalue weighted by Gasteiger charge is -2.59. The highest BCUT2D eigenvalue weighted by Crippen LogP contribution is 2.69. The van der Waals surface area contributed by atoms with Crippen LogP contribution < -0.4 is 0 Å². The van der Waals surface area contributed by atoms with Crippen molar-refractivity contribution in [1.29, 1.82) is 0 Å². The van der Waals surface area contributed by atoms with Gasteiger partial charge in [-0.25, -0.2) is 0 Å². The SMILES string of the molecule is COCC(=O)C12OCOC1CC1C3CCC4=CC(=O)C=CC4(C)C3C(O)C[C@]12C. The van der Waals surface area contributed by atoms with Gasteiger partial charge < -0.3 is 19.3 Å². The van der Waals surface area contributed by atoms with Gasteiger partial charge >= 0.3 is 0 Å². The van der Waals surface area contributed by atoms with E-state index in [0.717, 1.165) is 24.8 Å². The first-order valence-corrected chi connectivity index (χ1v) is 10.7. The van der Waals surface area contributed by atoms with Crippen molar-refractivity contribution in [1.82, 2.24) is 0 Å². The number of carbonyl (C=O) groups excluding carboxylic acids is 2. The smallest absolute Gasteiger partial charge is 0.193 e. The number of aliphatic hydroxyl groups excluding tert-OH is 1. The Morgan fingerprint density at radius 1 is 1.38 bits per heavy atom. The molecule has 0 aromatic heterocycles. The molecule has 1 N–H and O–H groups in total. The lowest BCUT2D eigenvalue weighted by Crippen LogP contribution is -2.63. The third-order valence-corrected chi connectivity index (χ3v) is 8.90. The highest BCUT2D eigenvalue weighted by molar-refractivity contribution is 6.01. The van der Waals surface area contributed by atoms with Crippen LogP contribution in [0.15, 0.2) is 23.8 Å². The van der Waals surface area contributed by atoms with Crippen molar-refractivity contribution < 1.29 is 28.9 Å². The molecule has 29 heavy (non-hydrogen) atoms. The normalized spacial score (nSPS) is 50.4. The first-order chi connectivity index (χ1) is 13.8. The fraction of sp³-hybridized carbons (Fsp3) is 0.739. The third kappa shape index (κ3) is 2.32. The van der Waals surface area contributed by atoms with Gasteiger partial charge in [-0.05, 0) is 49.7 Å². The van der Waals surface area contributed by atoms with Gasteiger partial charge in [0.1, 0.15) is 13.4 Å². The molecule has 5 aliphatic rings. The first-order valence-electron chi connectivity index (χ1n) is 10.7. The summed E-state index contributed by atoms with van der Waals surface area (Å²) >= 11 is 0. The number of ketones is 2. The molecule has 3 saturated carbocycles. The molecule has 0 aromatic carbocycles. The first kappa shape index (κ1) is 19.6. The summed E-state index contributed by atoms with van der Waals surface area (Å²) in [6, 6.07) is 0. The van der Waals surface area contributed by atoms with Gasteiger partial charge in [0.05, 0.1) is 12.2 Å². The number of hydrogen-bond donors (Lipinski definition) is 1. The average Bonchev–Trinajstić information content (AvgIpc) is 3.19. The van der Waals surface area contributed by atoms with Crippen molar-refractivity contribution >= 4 is 11.6 Å². The Kier molecular flexibility index (Phi) is 4.28. The predicted octanol–water partition coefficient (Wildman–Crippen LogP) is 2.20. The summed E-state index contributed by atoms with van der Waals surface area (Å²) < 4.78 is 17.2. The van der Waals surface area contributed by atoms with Gasteiger partial charge in [-0.1, -0.05) is 25.5 Å². The van der Waals surface area contributed by atoms with E-state index < -0.39 is 17.1 Å². The van der Waals surface area contributed by atoms with Crippen LogP contribution in [-0.4, -0.2) is 55.0 Å². The van der Waals surface area contributed by atoms with Gasteiger partial charge in [-0.3, -0.25) is 9.59 Å². The Labute approximate surface area is 171 Å². The van der Waals surface area contributed by atoms with E-state index in [0.29, 0.717) is 6.42 Å². The summed E-state index contributed by atoms with van der Waals surface area (Å²) in [6.07, 6.45) is 7.53. The minimum Gasteiger partial charge on any atom is -0.393 e. The van der Waals surface area contributed by atoms with Crippen LogP contribution in [0, 0.1) is 28.6 Å². The number of Topliss-reactive ketones (excluding diaryl/α,β-unsaturated/α-hetero) is 1. The monoisotopic (exact) mass is 402 g/mol. The molecule has 1 saturated heterocycles. The van der Waals surface area contributed by atoms with Crippen LogP contribution in [0.4, 0.5) is 0 Å². The topological polar surface area (TPSA) is 82.1 Å². The Morgan fingerprint density at radius 2 is 2.17 bits per heavy atom. The van der Waals surface area contributed by atoms with E-state index in [2.05, 4.69) is 13.8 Å². The summed E-state index contributed by atoms with van der Waals surface area (Å²) in [4.78, 5) is 25.2. The fourth-order valence-electron chi connectivity index (χ4n) is 7.77. The lowest BCUT2D eigenvalue weighted by atomic mass is 9.46. The molecule has 7 unspecified atom stereocenters. The largest absolute Gasteiger partial charge is 0.393 e. The quantitative estimate of drug-likeness (QED) is 0.779. The maximum absolute atomic E-state index is 13.2. The number of ether oxygens (including phenoxy) is 3. The number of rotatable bonds is 3. The second-order valence-corrected chi connectivity index (χ2v) is 9.96. The van der Waals surface area contributed by atoms with Crippen LogP contribution in [0.25, 0.3) is 0 Å². The zero-order chi connectivity index (χ0) is 20.6. The number of fused-ring (bicyclic) bond motifs is 7. The van der Waals surface area contributed by atoms with Gasteiger partial charge in [0.15, 0.2) is 17.2 Å². The van der Waals surface area contributed by atoms with Gasteiger partial charge in [-0.2, -0.15) is 0 Å². The fourth-order valence-corrected chi connectivity index (χ4v) is 7.77. The Bertz CT molecular complexity index is 816. The standard InChI is InChI=1S/C23H30O6/c1-21-7-6-14(24)8-13(21)4-5-15-16-9-19-23(29-12-28-19,18(26)11-27-3)22(16,2)10-17(25)20(15)21/h6-8,15-17,19-20,25H,4-5,9-12H2,1-3H3/t15?,16?,17?,19?,20?,21?,22-,23?/m1/s1. The Hall–Kier alpha value is -1.34. The van der Waals surface area contributed by atoms with Crippen molar-refractivity contribution in [2.24, 2.45) is 28.6 Å². The van der Waals surface area contributed by atoms with E-state index in [1.165, 1.54) is 7.11 Å². The van der Waals surface area contributed by atoms with E-state index in [4.69, 9.17) is 14.2 Å². The molecule has 0 aromatic rings. The van der Waals surface area contributed by atoms with E-state index in [9.17, 15) is 14.7 Å². The van der Waals surface area contributed by atoms with E-state index >= 15 is 0 Å². The molecule has 1 heterocycles. The Morgan fingerprint density at radius 3 is 2.93 bits per heavy atom. The van der Waals surface area contributed by atoms with Crippen LogP contribution in [0.2, 0.25) is 0 Å². The van der Waals surface area contributed by atoms with Gasteiger partial charge in [0.2, 0.25) is 0 Å². The second kappa shape index (κ2) is 6.33. The highest BCUT2D eigenvalue weighted by Gasteiger charge is 2.74. The van der Waals surface area contributed by atoms with Crippen LogP contribution in [0.5, 0.6) is 0 Å². The highest BCUT2D eigenvalue weighted by atomic mass is 16.7. The van der Waals surface area contributed by atoms with Gasteiger partial charge in [0, 0.05) is 23.9 Å². The molecule has 0 amide bonds. The lowest BCUT2D eigenvalue weighted by molar-refractivity contribution is -0.185.